The van der Waals surface area contributed by atoms with Crippen LogP contribution < -0.4 is 0 Å². The number of rotatable bonds is 1. The third kappa shape index (κ3) is 1.19. The van der Waals surface area contributed by atoms with E-state index in [1.165, 1.54) is 0 Å². The van der Waals surface area contributed by atoms with Gasteiger partial charge in [0.05, 0.1) is 5.52 Å². The fourth-order valence-electron chi connectivity index (χ4n) is 1.02. The van der Waals surface area contributed by atoms with Crippen LogP contribution in [0.25, 0.3) is 10.9 Å². The van der Waals surface area contributed by atoms with Crippen molar-refractivity contribution in [1.82, 2.24) is 9.97 Å². The lowest BCUT2D eigenvalue weighted by molar-refractivity contribution is 1.20. The van der Waals surface area contributed by atoms with Crippen molar-refractivity contribution in [3.05, 3.63) is 36.3 Å². The van der Waals surface area contributed by atoms with E-state index >= 15 is 0 Å². The summed E-state index contributed by atoms with van der Waals surface area (Å²) >= 11 is 4.61. The maximum atomic E-state index is 4.61. The predicted molar refractivity (Wildman–Crippen MR) is 51.2 cm³/mol. The lowest BCUT2D eigenvalue weighted by Gasteiger charge is -1.94. The third-order valence-electron chi connectivity index (χ3n) is 1.58. The van der Waals surface area contributed by atoms with Crippen molar-refractivity contribution >= 4 is 28.5 Å². The predicted octanol–water partition coefficient (Wildman–Crippen LogP) is 1.85. The molecule has 0 fully saturated rings. The van der Waals surface area contributed by atoms with Gasteiger partial charge in [0.1, 0.15) is 5.37 Å². The summed E-state index contributed by atoms with van der Waals surface area (Å²) in [4.78, 5) is 8.17. The van der Waals surface area contributed by atoms with Crippen LogP contribution in [0.1, 0.15) is 5.82 Å². The van der Waals surface area contributed by atoms with E-state index in [4.69, 9.17) is 0 Å². The highest BCUT2D eigenvalue weighted by atomic mass is 32.1. The maximum absolute atomic E-state index is 4.61. The first-order valence-electron chi connectivity index (χ1n) is 3.50. The molecule has 0 bridgehead atoms. The number of hydrogen-bond donors (Lipinski definition) is 0. The zero-order chi connectivity index (χ0) is 8.39. The standard InChI is InChI=1S/C9H5N2S/c12-6-9-10-5-7-3-1-2-4-8(7)11-9/h1-5H. The normalized spacial score (nSPS) is 10.0. The Morgan fingerprint density at radius 1 is 1.25 bits per heavy atom. The Morgan fingerprint density at radius 2 is 2.08 bits per heavy atom. The summed E-state index contributed by atoms with van der Waals surface area (Å²) in [5.74, 6) is 0.476. The first-order valence-corrected chi connectivity index (χ1v) is 3.91. The monoisotopic (exact) mass is 173 g/mol. The molecule has 2 nitrogen and oxygen atoms in total. The maximum Gasteiger partial charge on any atom is 0.172 e. The molecule has 0 saturated heterocycles. The Hall–Kier alpha value is -1.35. The summed E-state index contributed by atoms with van der Waals surface area (Å²) in [5, 5.41) is 3.50. The minimum atomic E-state index is 0.476. The fraction of sp³-hybridized carbons (Fsp3) is 0. The van der Waals surface area contributed by atoms with E-state index in [1.807, 2.05) is 24.3 Å². The third-order valence-corrected chi connectivity index (χ3v) is 1.76. The summed E-state index contributed by atoms with van der Waals surface area (Å²) in [6, 6.07) is 7.77. The zero-order valence-electron chi connectivity index (χ0n) is 6.19. The van der Waals surface area contributed by atoms with E-state index in [2.05, 4.69) is 27.6 Å². The Kier molecular flexibility index (Phi) is 1.80. The SMILES string of the molecule is S=[C]c1ncc2ccccc2n1. The van der Waals surface area contributed by atoms with Crippen LogP contribution in [-0.2, 0) is 0 Å². The van der Waals surface area contributed by atoms with E-state index in [-0.39, 0.29) is 0 Å². The van der Waals surface area contributed by atoms with E-state index < -0.39 is 0 Å². The molecule has 1 aromatic carbocycles. The molecule has 1 heterocycles. The lowest BCUT2D eigenvalue weighted by Crippen LogP contribution is -1.90. The van der Waals surface area contributed by atoms with Crippen molar-refractivity contribution in [2.75, 3.05) is 0 Å². The fourth-order valence-corrected chi connectivity index (χ4v) is 1.12. The number of nitrogens with zero attached hydrogens (tertiary/aromatic N) is 2. The first-order chi connectivity index (χ1) is 5.90. The van der Waals surface area contributed by atoms with Crippen molar-refractivity contribution in [3.63, 3.8) is 0 Å². The first kappa shape index (κ1) is 7.31. The second kappa shape index (κ2) is 2.95. The minimum absolute atomic E-state index is 0.476. The number of aromatic nitrogens is 2. The summed E-state index contributed by atoms with van der Waals surface area (Å²) in [6.45, 7) is 0. The van der Waals surface area contributed by atoms with Gasteiger partial charge in [-0.05, 0) is 6.07 Å². The van der Waals surface area contributed by atoms with Crippen LogP contribution in [0.4, 0.5) is 0 Å². The van der Waals surface area contributed by atoms with Gasteiger partial charge in [-0.3, -0.25) is 0 Å². The van der Waals surface area contributed by atoms with E-state index in [9.17, 15) is 0 Å². The molecule has 0 saturated carbocycles. The largest absolute Gasteiger partial charge is 0.235 e. The Labute approximate surface area is 75.3 Å². The van der Waals surface area contributed by atoms with E-state index in [0.29, 0.717) is 5.82 Å². The second-order valence-electron chi connectivity index (χ2n) is 2.35. The molecular weight excluding hydrogens is 168 g/mol. The molecule has 1 radical (unpaired) electrons. The summed E-state index contributed by atoms with van der Waals surface area (Å²) in [6.07, 6.45) is 1.75. The molecule has 12 heavy (non-hydrogen) atoms. The van der Waals surface area contributed by atoms with Crippen LogP contribution >= 0.6 is 12.2 Å². The summed E-state index contributed by atoms with van der Waals surface area (Å²) in [5.41, 5.74) is 0.903. The van der Waals surface area contributed by atoms with Gasteiger partial charge in [-0.2, -0.15) is 0 Å². The molecule has 3 heteroatoms. The number of para-hydroxylation sites is 1. The van der Waals surface area contributed by atoms with Crippen molar-refractivity contribution < 1.29 is 0 Å². The van der Waals surface area contributed by atoms with Gasteiger partial charge in [0, 0.05) is 11.6 Å². The Morgan fingerprint density at radius 3 is 2.92 bits per heavy atom. The van der Waals surface area contributed by atoms with Crippen LogP contribution in [0.2, 0.25) is 0 Å². The van der Waals surface area contributed by atoms with Gasteiger partial charge in [-0.1, -0.05) is 30.4 Å². The van der Waals surface area contributed by atoms with Crippen LogP contribution in [0.5, 0.6) is 0 Å². The molecule has 57 valence electrons. The highest BCUT2D eigenvalue weighted by Crippen LogP contribution is 2.08. The van der Waals surface area contributed by atoms with Crippen LogP contribution in [0.3, 0.4) is 0 Å². The molecule has 0 atom stereocenters. The quantitative estimate of drug-likeness (QED) is 0.615. The van der Waals surface area contributed by atoms with E-state index in [1.54, 1.807) is 6.20 Å². The Bertz CT molecular complexity index is 426. The molecule has 0 unspecified atom stereocenters. The van der Waals surface area contributed by atoms with Gasteiger partial charge in [0.2, 0.25) is 0 Å². The van der Waals surface area contributed by atoms with Gasteiger partial charge < -0.3 is 0 Å². The van der Waals surface area contributed by atoms with Gasteiger partial charge in [0.25, 0.3) is 0 Å². The van der Waals surface area contributed by atoms with Crippen molar-refractivity contribution in [1.29, 1.82) is 0 Å². The zero-order valence-corrected chi connectivity index (χ0v) is 7.01. The number of fused-ring (bicyclic) bond motifs is 1. The molecular formula is C9H5N2S. The summed E-state index contributed by atoms with van der Waals surface area (Å²) < 4.78 is 0. The van der Waals surface area contributed by atoms with Gasteiger partial charge >= 0.3 is 0 Å². The van der Waals surface area contributed by atoms with Crippen LogP contribution in [-0.4, -0.2) is 15.3 Å². The number of benzene rings is 1. The molecule has 0 N–H and O–H groups in total. The van der Waals surface area contributed by atoms with Crippen molar-refractivity contribution in [3.8, 4) is 0 Å². The molecule has 1 aromatic heterocycles. The molecule has 2 rings (SSSR count). The van der Waals surface area contributed by atoms with Crippen LogP contribution in [0.15, 0.2) is 30.5 Å². The van der Waals surface area contributed by atoms with Crippen LogP contribution in [0, 0.1) is 0 Å². The minimum Gasteiger partial charge on any atom is -0.235 e. The molecule has 0 aliphatic heterocycles. The van der Waals surface area contributed by atoms with Gasteiger partial charge in [0.15, 0.2) is 5.82 Å². The number of hydrogen-bond acceptors (Lipinski definition) is 3. The molecule has 0 aliphatic carbocycles. The molecule has 2 aromatic rings. The highest BCUT2D eigenvalue weighted by molar-refractivity contribution is 7.79. The van der Waals surface area contributed by atoms with E-state index in [0.717, 1.165) is 10.9 Å². The highest BCUT2D eigenvalue weighted by Gasteiger charge is 1.94. The average molecular weight is 173 g/mol. The smallest absolute Gasteiger partial charge is 0.172 e. The second-order valence-corrected chi connectivity index (χ2v) is 2.56. The Balaban J connectivity index is 2.75. The lowest BCUT2D eigenvalue weighted by atomic mass is 10.2. The molecule has 0 aliphatic rings. The van der Waals surface area contributed by atoms with Gasteiger partial charge in [-0.15, -0.1) is 0 Å². The van der Waals surface area contributed by atoms with Crippen molar-refractivity contribution in [2.45, 2.75) is 0 Å². The number of thiocarbonyl (C=S) groups is 1. The summed E-state index contributed by atoms with van der Waals surface area (Å²) in [7, 11) is 0. The molecule has 0 spiro atoms. The van der Waals surface area contributed by atoms with Gasteiger partial charge in [-0.25, -0.2) is 9.97 Å². The average Bonchev–Trinajstić information content (AvgIpc) is 2.17. The topological polar surface area (TPSA) is 25.8 Å². The van der Waals surface area contributed by atoms with Crippen molar-refractivity contribution in [2.24, 2.45) is 0 Å². The molecule has 0 amide bonds.